The molecule has 1 fully saturated rings. The van der Waals surface area contributed by atoms with E-state index >= 15 is 0 Å². The van der Waals surface area contributed by atoms with Crippen molar-refractivity contribution in [1.29, 1.82) is 0 Å². The normalized spacial score (nSPS) is 25.4. The summed E-state index contributed by atoms with van der Waals surface area (Å²) in [5, 5.41) is 10.8. The predicted molar refractivity (Wildman–Crippen MR) is 85.1 cm³/mol. The highest BCUT2D eigenvalue weighted by Gasteiger charge is 2.24. The lowest BCUT2D eigenvalue weighted by Crippen LogP contribution is -2.17. The Balaban J connectivity index is 1.87. The Kier molecular flexibility index (Phi) is 4.53. The summed E-state index contributed by atoms with van der Waals surface area (Å²) in [5.41, 5.74) is 2.71. The molecule has 1 heterocycles. The number of thioether (sulfide) groups is 1. The van der Waals surface area contributed by atoms with Crippen molar-refractivity contribution in [2.75, 3.05) is 0 Å². The van der Waals surface area contributed by atoms with Crippen LogP contribution in [0.4, 0.5) is 0 Å². The standard InChI is InChI=1S/C17H23NO2S/c1-11-5-4-7-13(9-11)21-16-14(17(19)20)10-12-6-2-3-8-15(12)18-16/h10-11,13H,2-9H2,1H3,(H,19,20). The van der Waals surface area contributed by atoms with E-state index in [0.29, 0.717) is 10.8 Å². The Bertz CT molecular complexity index is 544. The fraction of sp³-hybridized carbons (Fsp3) is 0.647. The molecule has 1 saturated carbocycles. The summed E-state index contributed by atoms with van der Waals surface area (Å²) in [7, 11) is 0. The Labute approximate surface area is 130 Å². The van der Waals surface area contributed by atoms with E-state index in [-0.39, 0.29) is 0 Å². The van der Waals surface area contributed by atoms with Gasteiger partial charge in [0.25, 0.3) is 0 Å². The topological polar surface area (TPSA) is 50.2 Å². The van der Waals surface area contributed by atoms with Crippen LogP contribution in [-0.2, 0) is 12.8 Å². The molecule has 3 rings (SSSR count). The van der Waals surface area contributed by atoms with Gasteiger partial charge < -0.3 is 5.11 Å². The van der Waals surface area contributed by atoms with Crippen LogP contribution in [0, 0.1) is 5.92 Å². The number of hydrogen-bond donors (Lipinski definition) is 1. The number of aryl methyl sites for hydroxylation is 2. The number of nitrogens with zero attached hydrogens (tertiary/aromatic N) is 1. The second-order valence-electron chi connectivity index (χ2n) is 6.47. The van der Waals surface area contributed by atoms with Gasteiger partial charge >= 0.3 is 5.97 Å². The number of rotatable bonds is 3. The van der Waals surface area contributed by atoms with E-state index in [1.165, 1.54) is 32.1 Å². The van der Waals surface area contributed by atoms with Gasteiger partial charge in [-0.05, 0) is 56.1 Å². The van der Waals surface area contributed by atoms with Gasteiger partial charge in [-0.1, -0.05) is 19.8 Å². The molecule has 2 unspecified atom stereocenters. The molecule has 1 N–H and O–H groups in total. The van der Waals surface area contributed by atoms with Crippen LogP contribution in [-0.4, -0.2) is 21.3 Å². The molecule has 21 heavy (non-hydrogen) atoms. The second-order valence-corrected chi connectivity index (χ2v) is 7.76. The maximum Gasteiger partial charge on any atom is 0.338 e. The first kappa shape index (κ1) is 14.9. The SMILES string of the molecule is CC1CCCC(Sc2nc3c(cc2C(=O)O)CCCC3)C1. The van der Waals surface area contributed by atoms with Gasteiger partial charge in [0, 0.05) is 10.9 Å². The van der Waals surface area contributed by atoms with Crippen LogP contribution in [0.25, 0.3) is 0 Å². The van der Waals surface area contributed by atoms with E-state index in [1.54, 1.807) is 11.8 Å². The highest BCUT2D eigenvalue weighted by Crippen LogP contribution is 2.37. The Hall–Kier alpha value is -1.03. The highest BCUT2D eigenvalue weighted by molar-refractivity contribution is 7.99. The summed E-state index contributed by atoms with van der Waals surface area (Å²) in [6.07, 6.45) is 9.25. The van der Waals surface area contributed by atoms with Gasteiger partial charge in [-0.15, -0.1) is 11.8 Å². The van der Waals surface area contributed by atoms with E-state index in [2.05, 4.69) is 6.92 Å². The van der Waals surface area contributed by atoms with Crippen LogP contribution < -0.4 is 0 Å². The van der Waals surface area contributed by atoms with Crippen molar-refractivity contribution in [3.8, 4) is 0 Å². The molecule has 2 aliphatic rings. The molecule has 0 spiro atoms. The average molecular weight is 305 g/mol. The van der Waals surface area contributed by atoms with Crippen molar-refractivity contribution >= 4 is 17.7 Å². The molecule has 4 heteroatoms. The lowest BCUT2D eigenvalue weighted by atomic mass is 9.91. The monoisotopic (exact) mass is 305 g/mol. The summed E-state index contributed by atoms with van der Waals surface area (Å²) in [6.45, 7) is 2.30. The number of carboxylic acids is 1. The minimum absolute atomic E-state index is 0.416. The van der Waals surface area contributed by atoms with Crippen molar-refractivity contribution in [2.45, 2.75) is 68.6 Å². The van der Waals surface area contributed by atoms with E-state index in [4.69, 9.17) is 4.98 Å². The molecule has 114 valence electrons. The van der Waals surface area contributed by atoms with Crippen molar-refractivity contribution in [1.82, 2.24) is 4.98 Å². The van der Waals surface area contributed by atoms with Crippen LogP contribution in [0.1, 0.15) is 67.1 Å². The summed E-state index contributed by atoms with van der Waals surface area (Å²) < 4.78 is 0. The van der Waals surface area contributed by atoms with E-state index < -0.39 is 5.97 Å². The van der Waals surface area contributed by atoms with Gasteiger partial charge in [0.05, 0.1) is 5.56 Å². The fourth-order valence-electron chi connectivity index (χ4n) is 3.50. The maximum atomic E-state index is 11.6. The van der Waals surface area contributed by atoms with Crippen molar-refractivity contribution in [3.05, 3.63) is 22.9 Å². The molecule has 0 saturated heterocycles. The number of carboxylic acid groups (broad SMARTS) is 1. The minimum Gasteiger partial charge on any atom is -0.478 e. The number of fused-ring (bicyclic) bond motifs is 1. The molecule has 2 aliphatic carbocycles. The van der Waals surface area contributed by atoms with Crippen LogP contribution in [0.15, 0.2) is 11.1 Å². The zero-order chi connectivity index (χ0) is 14.8. The quantitative estimate of drug-likeness (QED) is 0.903. The first-order valence-electron chi connectivity index (χ1n) is 8.06. The molecule has 1 aromatic heterocycles. The minimum atomic E-state index is -0.831. The summed E-state index contributed by atoms with van der Waals surface area (Å²) >= 11 is 1.70. The number of aromatic nitrogens is 1. The fourth-order valence-corrected chi connectivity index (χ4v) is 4.96. The molecule has 1 aromatic rings. The van der Waals surface area contributed by atoms with Crippen LogP contribution in [0.3, 0.4) is 0 Å². The summed E-state index contributed by atoms with van der Waals surface area (Å²) in [4.78, 5) is 16.3. The van der Waals surface area contributed by atoms with E-state index in [1.807, 2.05) is 6.07 Å². The second kappa shape index (κ2) is 6.39. The third-order valence-electron chi connectivity index (χ3n) is 4.66. The third kappa shape index (κ3) is 3.42. The number of carbonyl (C=O) groups is 1. The van der Waals surface area contributed by atoms with Crippen LogP contribution in [0.5, 0.6) is 0 Å². The van der Waals surface area contributed by atoms with Gasteiger partial charge in [-0.25, -0.2) is 9.78 Å². The molecular formula is C17H23NO2S. The number of hydrogen-bond acceptors (Lipinski definition) is 3. The number of pyridine rings is 1. The predicted octanol–water partition coefficient (Wildman–Crippen LogP) is 4.33. The molecule has 0 aromatic carbocycles. The highest BCUT2D eigenvalue weighted by atomic mass is 32.2. The molecule has 3 nitrogen and oxygen atoms in total. The van der Waals surface area contributed by atoms with Gasteiger partial charge in [0.2, 0.25) is 0 Å². The van der Waals surface area contributed by atoms with Crippen molar-refractivity contribution in [2.24, 2.45) is 5.92 Å². The first-order chi connectivity index (χ1) is 10.1. The molecular weight excluding hydrogens is 282 g/mol. The Morgan fingerprint density at radius 2 is 2.10 bits per heavy atom. The lowest BCUT2D eigenvalue weighted by Gasteiger charge is -2.26. The Morgan fingerprint density at radius 1 is 1.29 bits per heavy atom. The Morgan fingerprint density at radius 3 is 2.86 bits per heavy atom. The zero-order valence-electron chi connectivity index (χ0n) is 12.6. The average Bonchev–Trinajstić information content (AvgIpc) is 2.46. The van der Waals surface area contributed by atoms with Crippen LogP contribution >= 0.6 is 11.8 Å². The zero-order valence-corrected chi connectivity index (χ0v) is 13.4. The lowest BCUT2D eigenvalue weighted by molar-refractivity contribution is 0.0692. The maximum absolute atomic E-state index is 11.6. The third-order valence-corrected chi connectivity index (χ3v) is 5.96. The van der Waals surface area contributed by atoms with Gasteiger partial charge in [0.1, 0.15) is 5.03 Å². The van der Waals surface area contributed by atoms with E-state index in [9.17, 15) is 9.90 Å². The molecule has 0 aliphatic heterocycles. The van der Waals surface area contributed by atoms with Crippen molar-refractivity contribution in [3.63, 3.8) is 0 Å². The molecule has 0 bridgehead atoms. The first-order valence-corrected chi connectivity index (χ1v) is 8.94. The number of aromatic carboxylic acids is 1. The summed E-state index contributed by atoms with van der Waals surface area (Å²) in [6, 6.07) is 1.89. The van der Waals surface area contributed by atoms with Gasteiger partial charge in [-0.2, -0.15) is 0 Å². The van der Waals surface area contributed by atoms with Crippen molar-refractivity contribution < 1.29 is 9.90 Å². The largest absolute Gasteiger partial charge is 0.478 e. The van der Waals surface area contributed by atoms with Gasteiger partial charge in [0.15, 0.2) is 0 Å². The summed E-state index contributed by atoms with van der Waals surface area (Å²) in [5.74, 6) is -0.0793. The molecule has 0 amide bonds. The van der Waals surface area contributed by atoms with Crippen LogP contribution in [0.2, 0.25) is 0 Å². The van der Waals surface area contributed by atoms with E-state index in [0.717, 1.165) is 41.5 Å². The molecule has 2 atom stereocenters. The smallest absolute Gasteiger partial charge is 0.338 e. The van der Waals surface area contributed by atoms with Gasteiger partial charge in [-0.3, -0.25) is 0 Å². The molecule has 0 radical (unpaired) electrons.